The van der Waals surface area contributed by atoms with E-state index in [0.717, 1.165) is 24.1 Å². The average Bonchev–Trinajstić information content (AvgIpc) is 3.16. The molecule has 3 aromatic heterocycles. The zero-order chi connectivity index (χ0) is 18.1. The summed E-state index contributed by atoms with van der Waals surface area (Å²) in [6.07, 6.45) is 8.34. The van der Waals surface area contributed by atoms with E-state index in [4.69, 9.17) is 4.98 Å². The van der Waals surface area contributed by atoms with Crippen molar-refractivity contribution in [2.75, 3.05) is 0 Å². The molecule has 0 saturated carbocycles. The lowest BCUT2D eigenvalue weighted by Crippen LogP contribution is -2.37. The SMILES string of the molecule is CC1(C)Cc2nc(-c3cnccn3)ncc2[C@H](NC(=O)c2cscn2)C1. The topological polar surface area (TPSA) is 93.5 Å². The van der Waals surface area contributed by atoms with Gasteiger partial charge >= 0.3 is 0 Å². The van der Waals surface area contributed by atoms with Crippen molar-refractivity contribution < 1.29 is 4.79 Å². The van der Waals surface area contributed by atoms with Crippen molar-refractivity contribution in [2.45, 2.75) is 32.7 Å². The summed E-state index contributed by atoms with van der Waals surface area (Å²) < 4.78 is 0. The van der Waals surface area contributed by atoms with Crippen LogP contribution in [0.2, 0.25) is 0 Å². The number of aromatic nitrogens is 5. The predicted octanol–water partition coefficient (Wildman–Crippen LogP) is 2.83. The van der Waals surface area contributed by atoms with Gasteiger partial charge in [-0.2, -0.15) is 0 Å². The Bertz CT molecular complexity index is 926. The molecule has 4 rings (SSSR count). The molecule has 26 heavy (non-hydrogen) atoms. The summed E-state index contributed by atoms with van der Waals surface area (Å²) >= 11 is 1.41. The molecule has 0 saturated heterocycles. The molecule has 0 aromatic carbocycles. The highest BCUT2D eigenvalue weighted by molar-refractivity contribution is 7.07. The third kappa shape index (κ3) is 3.32. The van der Waals surface area contributed by atoms with Crippen molar-refractivity contribution >= 4 is 17.2 Å². The molecule has 3 aromatic rings. The number of amides is 1. The predicted molar refractivity (Wildman–Crippen MR) is 97.5 cm³/mol. The van der Waals surface area contributed by atoms with E-state index < -0.39 is 0 Å². The van der Waals surface area contributed by atoms with Crippen LogP contribution >= 0.6 is 11.3 Å². The highest BCUT2D eigenvalue weighted by atomic mass is 32.1. The van der Waals surface area contributed by atoms with Gasteiger partial charge in [0.15, 0.2) is 5.82 Å². The Morgan fingerprint density at radius 3 is 2.85 bits per heavy atom. The van der Waals surface area contributed by atoms with Gasteiger partial charge in [-0.25, -0.2) is 19.9 Å². The fourth-order valence-corrected chi connectivity index (χ4v) is 3.80. The fourth-order valence-electron chi connectivity index (χ4n) is 3.27. The van der Waals surface area contributed by atoms with Crippen LogP contribution in [0, 0.1) is 5.41 Å². The minimum atomic E-state index is -0.169. The molecule has 3 heterocycles. The number of carbonyl (C=O) groups excluding carboxylic acids is 1. The molecule has 1 atom stereocenters. The smallest absolute Gasteiger partial charge is 0.271 e. The molecule has 7 nitrogen and oxygen atoms in total. The maximum Gasteiger partial charge on any atom is 0.271 e. The Hall–Kier alpha value is -2.74. The molecule has 0 bridgehead atoms. The first kappa shape index (κ1) is 16.7. The lowest BCUT2D eigenvalue weighted by atomic mass is 9.74. The molecular formula is C18H18N6OS. The van der Waals surface area contributed by atoms with E-state index in [1.807, 2.05) is 0 Å². The minimum Gasteiger partial charge on any atom is -0.344 e. The van der Waals surface area contributed by atoms with Crippen molar-refractivity contribution in [1.82, 2.24) is 30.2 Å². The van der Waals surface area contributed by atoms with Gasteiger partial charge < -0.3 is 5.32 Å². The number of hydrogen-bond donors (Lipinski definition) is 1. The number of thiazole rings is 1. The van der Waals surface area contributed by atoms with Gasteiger partial charge in [-0.3, -0.25) is 9.78 Å². The highest BCUT2D eigenvalue weighted by Gasteiger charge is 2.35. The second-order valence-electron chi connectivity index (χ2n) is 7.13. The zero-order valence-corrected chi connectivity index (χ0v) is 15.3. The first-order chi connectivity index (χ1) is 12.5. The Morgan fingerprint density at radius 1 is 1.23 bits per heavy atom. The van der Waals surface area contributed by atoms with Crippen LogP contribution in [0.15, 0.2) is 35.7 Å². The number of carbonyl (C=O) groups is 1. The Balaban J connectivity index is 1.67. The second-order valence-corrected chi connectivity index (χ2v) is 7.85. The summed E-state index contributed by atoms with van der Waals surface area (Å²) in [6.45, 7) is 4.37. The number of hydrogen-bond acceptors (Lipinski definition) is 7. The largest absolute Gasteiger partial charge is 0.344 e. The summed E-state index contributed by atoms with van der Waals surface area (Å²) in [7, 11) is 0. The summed E-state index contributed by atoms with van der Waals surface area (Å²) in [4.78, 5) is 34.1. The van der Waals surface area contributed by atoms with Crippen molar-refractivity contribution in [3.63, 3.8) is 0 Å². The first-order valence-corrected chi connectivity index (χ1v) is 9.27. The van der Waals surface area contributed by atoms with E-state index in [2.05, 4.69) is 39.1 Å². The Kier molecular flexibility index (Phi) is 4.20. The van der Waals surface area contributed by atoms with Crippen molar-refractivity contribution in [2.24, 2.45) is 5.41 Å². The number of rotatable bonds is 3. The van der Waals surface area contributed by atoms with Crippen LogP contribution in [-0.4, -0.2) is 30.8 Å². The lowest BCUT2D eigenvalue weighted by Gasteiger charge is -2.36. The number of fused-ring (bicyclic) bond motifs is 1. The molecule has 132 valence electrons. The van der Waals surface area contributed by atoms with Gasteiger partial charge in [0.05, 0.1) is 23.4 Å². The van der Waals surface area contributed by atoms with Gasteiger partial charge in [0, 0.05) is 29.5 Å². The van der Waals surface area contributed by atoms with E-state index in [0.29, 0.717) is 17.2 Å². The third-order valence-electron chi connectivity index (χ3n) is 4.44. The maximum absolute atomic E-state index is 12.5. The van der Waals surface area contributed by atoms with Gasteiger partial charge in [-0.1, -0.05) is 13.8 Å². The van der Waals surface area contributed by atoms with Crippen molar-refractivity contribution in [3.8, 4) is 11.5 Å². The molecule has 8 heteroatoms. The van der Waals surface area contributed by atoms with E-state index in [1.54, 1.807) is 35.7 Å². The third-order valence-corrected chi connectivity index (χ3v) is 5.03. The second kappa shape index (κ2) is 6.53. The van der Waals surface area contributed by atoms with Crippen LogP contribution < -0.4 is 5.32 Å². The van der Waals surface area contributed by atoms with Crippen LogP contribution in [0.3, 0.4) is 0 Å². The van der Waals surface area contributed by atoms with Crippen LogP contribution in [0.4, 0.5) is 0 Å². The summed E-state index contributed by atoms with van der Waals surface area (Å²) in [5, 5.41) is 4.84. The molecule has 0 fully saturated rings. The van der Waals surface area contributed by atoms with Gasteiger partial charge in [0.1, 0.15) is 11.4 Å². The summed E-state index contributed by atoms with van der Waals surface area (Å²) in [5.74, 6) is 0.386. The maximum atomic E-state index is 12.5. The Morgan fingerprint density at radius 2 is 2.12 bits per heavy atom. The van der Waals surface area contributed by atoms with E-state index in [9.17, 15) is 4.79 Å². The standard InChI is InChI=1S/C18H18N6OS/c1-18(2)5-12-11(7-21-16(23-12)14-8-19-3-4-20-14)13(6-18)24-17(25)15-9-26-10-22-15/h3-4,7-10,13H,5-6H2,1-2H3,(H,24,25)/t13-/m1/s1. The van der Waals surface area contributed by atoms with Gasteiger partial charge in [-0.05, 0) is 18.3 Å². The number of nitrogens with one attached hydrogen (secondary N) is 1. The molecule has 0 unspecified atom stereocenters. The molecule has 1 amide bonds. The van der Waals surface area contributed by atoms with Crippen LogP contribution in [0.1, 0.15) is 48.1 Å². The van der Waals surface area contributed by atoms with Crippen molar-refractivity contribution in [1.29, 1.82) is 0 Å². The molecular weight excluding hydrogens is 348 g/mol. The van der Waals surface area contributed by atoms with E-state index in [1.165, 1.54) is 11.3 Å². The van der Waals surface area contributed by atoms with Gasteiger partial charge in [-0.15, -0.1) is 11.3 Å². The lowest BCUT2D eigenvalue weighted by molar-refractivity contribution is 0.0914. The van der Waals surface area contributed by atoms with Crippen LogP contribution in [0.5, 0.6) is 0 Å². The van der Waals surface area contributed by atoms with E-state index >= 15 is 0 Å². The quantitative estimate of drug-likeness (QED) is 0.766. The summed E-state index contributed by atoms with van der Waals surface area (Å²) in [6, 6.07) is -0.140. The monoisotopic (exact) mass is 366 g/mol. The van der Waals surface area contributed by atoms with Gasteiger partial charge in [0.25, 0.3) is 5.91 Å². The van der Waals surface area contributed by atoms with E-state index in [-0.39, 0.29) is 17.4 Å². The molecule has 1 aliphatic rings. The van der Waals surface area contributed by atoms with Crippen molar-refractivity contribution in [3.05, 3.63) is 52.6 Å². The molecule has 1 aliphatic carbocycles. The molecule has 0 aliphatic heterocycles. The summed E-state index contributed by atoms with van der Waals surface area (Å²) in [5.41, 5.74) is 4.66. The molecule has 0 spiro atoms. The Labute approximate surface area is 155 Å². The zero-order valence-electron chi connectivity index (χ0n) is 14.5. The normalized spacial score (nSPS) is 18.2. The molecule has 1 N–H and O–H groups in total. The highest BCUT2D eigenvalue weighted by Crippen LogP contribution is 2.40. The van der Waals surface area contributed by atoms with Gasteiger partial charge in [0.2, 0.25) is 0 Å². The van der Waals surface area contributed by atoms with Crippen LogP contribution in [0.25, 0.3) is 11.5 Å². The molecule has 0 radical (unpaired) electrons. The first-order valence-electron chi connectivity index (χ1n) is 8.33. The fraction of sp³-hybridized carbons (Fsp3) is 0.333. The van der Waals surface area contributed by atoms with Crippen LogP contribution in [-0.2, 0) is 6.42 Å². The minimum absolute atomic E-state index is 0.0149. The average molecular weight is 366 g/mol. The number of nitrogens with zero attached hydrogens (tertiary/aromatic N) is 5.